The summed E-state index contributed by atoms with van der Waals surface area (Å²) >= 11 is 0. The first kappa shape index (κ1) is 15.5. The number of primary amides is 1. The number of hydrogen-bond donors (Lipinski definition) is 2. The van der Waals surface area contributed by atoms with Crippen molar-refractivity contribution in [3.8, 4) is 0 Å². The van der Waals surface area contributed by atoms with Crippen molar-refractivity contribution >= 4 is 16.8 Å². The maximum atomic E-state index is 12.4. The Kier molecular flexibility index (Phi) is 3.81. The molecular weight excluding hydrogens is 322 g/mol. The summed E-state index contributed by atoms with van der Waals surface area (Å²) in [5.74, 6) is -0.473. The summed E-state index contributed by atoms with van der Waals surface area (Å²) in [5.41, 5.74) is 6.57. The summed E-state index contributed by atoms with van der Waals surface area (Å²) < 4.78 is 5.19. The van der Waals surface area contributed by atoms with Crippen LogP contribution in [0.2, 0.25) is 0 Å². The fourth-order valence-corrected chi connectivity index (χ4v) is 3.29. The number of H-pyrrole nitrogens is 1. The summed E-state index contributed by atoms with van der Waals surface area (Å²) in [6.07, 6.45) is 1.77. The zero-order valence-electron chi connectivity index (χ0n) is 13.4. The molecule has 1 aliphatic rings. The highest BCUT2D eigenvalue weighted by molar-refractivity contribution is 5.88. The van der Waals surface area contributed by atoms with E-state index in [1.807, 2.05) is 30.3 Å². The zero-order chi connectivity index (χ0) is 17.4. The lowest BCUT2D eigenvalue weighted by Crippen LogP contribution is -2.27. The van der Waals surface area contributed by atoms with Crippen molar-refractivity contribution in [3.05, 3.63) is 58.0 Å². The standard InChI is InChI=1S/C17H17N5O3/c18-14(23)15-20-17(25-21-15)13-6-3-7-22(13)9-11-8-10-4-1-2-5-12(10)19-16(11)24/h1-2,4-5,8,13H,3,6-7,9H2,(H2,18,23)(H,19,24). The molecule has 0 bridgehead atoms. The molecule has 8 nitrogen and oxygen atoms in total. The molecule has 1 fully saturated rings. The number of nitrogens with one attached hydrogen (secondary N) is 1. The molecular formula is C17H17N5O3. The van der Waals surface area contributed by atoms with Crippen LogP contribution in [0.5, 0.6) is 0 Å². The highest BCUT2D eigenvalue weighted by Gasteiger charge is 2.31. The van der Waals surface area contributed by atoms with E-state index in [1.165, 1.54) is 0 Å². The van der Waals surface area contributed by atoms with E-state index in [0.29, 0.717) is 18.0 Å². The van der Waals surface area contributed by atoms with Gasteiger partial charge in [-0.05, 0) is 36.9 Å². The number of amides is 1. The van der Waals surface area contributed by atoms with Gasteiger partial charge in [-0.25, -0.2) is 0 Å². The minimum atomic E-state index is -0.717. The van der Waals surface area contributed by atoms with Crippen LogP contribution < -0.4 is 11.3 Å². The van der Waals surface area contributed by atoms with E-state index in [-0.39, 0.29) is 17.4 Å². The number of rotatable bonds is 4. The number of benzene rings is 1. The van der Waals surface area contributed by atoms with Crippen molar-refractivity contribution in [3.63, 3.8) is 0 Å². The van der Waals surface area contributed by atoms with Crippen LogP contribution in [0.1, 0.15) is 41.0 Å². The number of carbonyl (C=O) groups excluding carboxylic acids is 1. The lowest BCUT2D eigenvalue weighted by Gasteiger charge is -2.21. The van der Waals surface area contributed by atoms with Gasteiger partial charge >= 0.3 is 0 Å². The predicted octanol–water partition coefficient (Wildman–Crippen LogP) is 1.35. The monoisotopic (exact) mass is 339 g/mol. The van der Waals surface area contributed by atoms with Crippen LogP contribution in [0, 0.1) is 0 Å². The summed E-state index contributed by atoms with van der Waals surface area (Å²) in [7, 11) is 0. The van der Waals surface area contributed by atoms with Crippen LogP contribution in [0.3, 0.4) is 0 Å². The highest BCUT2D eigenvalue weighted by atomic mass is 16.5. The van der Waals surface area contributed by atoms with Crippen LogP contribution >= 0.6 is 0 Å². The summed E-state index contributed by atoms with van der Waals surface area (Å²) in [4.78, 5) is 32.6. The Labute approximate surface area is 142 Å². The number of aromatic nitrogens is 3. The molecule has 25 heavy (non-hydrogen) atoms. The summed E-state index contributed by atoms with van der Waals surface area (Å²) in [6.45, 7) is 1.28. The largest absolute Gasteiger partial charge is 0.363 e. The van der Waals surface area contributed by atoms with Crippen molar-refractivity contribution in [2.75, 3.05) is 6.54 Å². The Balaban J connectivity index is 1.62. The fourth-order valence-electron chi connectivity index (χ4n) is 3.29. The Morgan fingerprint density at radius 3 is 3.04 bits per heavy atom. The molecule has 0 radical (unpaired) electrons. The van der Waals surface area contributed by atoms with Gasteiger partial charge in [0.15, 0.2) is 0 Å². The van der Waals surface area contributed by atoms with Gasteiger partial charge in [0, 0.05) is 17.6 Å². The van der Waals surface area contributed by atoms with Crippen molar-refractivity contribution < 1.29 is 9.32 Å². The Bertz CT molecular complexity index is 993. The molecule has 4 rings (SSSR count). The number of hydrogen-bond acceptors (Lipinski definition) is 6. The number of para-hydroxylation sites is 1. The van der Waals surface area contributed by atoms with Gasteiger partial charge in [0.05, 0.1) is 6.04 Å². The summed E-state index contributed by atoms with van der Waals surface area (Å²) in [5, 5.41) is 4.59. The third-order valence-electron chi connectivity index (χ3n) is 4.51. The molecule has 2 aromatic heterocycles. The minimum absolute atomic E-state index is 0.104. The van der Waals surface area contributed by atoms with Crippen molar-refractivity contribution in [2.24, 2.45) is 5.73 Å². The van der Waals surface area contributed by atoms with Crippen LogP contribution in [0.25, 0.3) is 10.9 Å². The number of carbonyl (C=O) groups is 1. The molecule has 128 valence electrons. The van der Waals surface area contributed by atoms with Crippen molar-refractivity contribution in [2.45, 2.75) is 25.4 Å². The molecule has 0 spiro atoms. The number of nitrogens with two attached hydrogens (primary N) is 1. The predicted molar refractivity (Wildman–Crippen MR) is 89.8 cm³/mol. The number of aromatic amines is 1. The lowest BCUT2D eigenvalue weighted by molar-refractivity contribution is 0.0987. The SMILES string of the molecule is NC(=O)c1noc(C2CCCN2Cc2cc3ccccc3[nH]c2=O)n1. The molecule has 3 heterocycles. The second-order valence-electron chi connectivity index (χ2n) is 6.16. The molecule has 1 amide bonds. The topological polar surface area (TPSA) is 118 Å². The minimum Gasteiger partial charge on any atom is -0.363 e. The van der Waals surface area contributed by atoms with E-state index in [2.05, 4.69) is 20.0 Å². The van der Waals surface area contributed by atoms with E-state index in [4.69, 9.17) is 10.3 Å². The van der Waals surface area contributed by atoms with Crippen LogP contribution in [-0.2, 0) is 6.54 Å². The van der Waals surface area contributed by atoms with Crippen LogP contribution in [0.4, 0.5) is 0 Å². The van der Waals surface area contributed by atoms with Gasteiger partial charge in [-0.15, -0.1) is 0 Å². The van der Waals surface area contributed by atoms with Crippen LogP contribution in [0.15, 0.2) is 39.6 Å². The highest BCUT2D eigenvalue weighted by Crippen LogP contribution is 2.32. The van der Waals surface area contributed by atoms with E-state index in [1.54, 1.807) is 0 Å². The Morgan fingerprint density at radius 2 is 2.24 bits per heavy atom. The molecule has 3 N–H and O–H groups in total. The summed E-state index contributed by atoms with van der Waals surface area (Å²) in [6, 6.07) is 9.46. The van der Waals surface area contributed by atoms with Gasteiger partial charge in [-0.2, -0.15) is 4.98 Å². The van der Waals surface area contributed by atoms with Gasteiger partial charge in [0.1, 0.15) is 0 Å². The van der Waals surface area contributed by atoms with Crippen LogP contribution in [-0.4, -0.2) is 32.5 Å². The van der Waals surface area contributed by atoms with E-state index in [0.717, 1.165) is 30.3 Å². The normalized spacial score (nSPS) is 18.0. The molecule has 1 atom stereocenters. The quantitative estimate of drug-likeness (QED) is 0.740. The molecule has 8 heteroatoms. The second kappa shape index (κ2) is 6.14. The first-order valence-corrected chi connectivity index (χ1v) is 8.10. The molecule has 0 aliphatic carbocycles. The average Bonchev–Trinajstić information content (AvgIpc) is 3.24. The Hall–Kier alpha value is -3.00. The first-order valence-electron chi connectivity index (χ1n) is 8.10. The first-order chi connectivity index (χ1) is 12.1. The Morgan fingerprint density at radius 1 is 1.40 bits per heavy atom. The van der Waals surface area contributed by atoms with E-state index in [9.17, 15) is 9.59 Å². The third-order valence-corrected chi connectivity index (χ3v) is 4.51. The zero-order valence-corrected chi connectivity index (χ0v) is 13.4. The molecule has 1 unspecified atom stereocenters. The second-order valence-corrected chi connectivity index (χ2v) is 6.16. The molecule has 3 aromatic rings. The van der Waals surface area contributed by atoms with Gasteiger partial charge in [-0.3, -0.25) is 14.5 Å². The van der Waals surface area contributed by atoms with Gasteiger partial charge in [0.25, 0.3) is 17.3 Å². The molecule has 0 saturated carbocycles. The average molecular weight is 339 g/mol. The van der Waals surface area contributed by atoms with Gasteiger partial charge in [0.2, 0.25) is 5.89 Å². The van der Waals surface area contributed by atoms with Gasteiger partial charge in [-0.1, -0.05) is 23.4 Å². The third kappa shape index (κ3) is 2.91. The maximum absolute atomic E-state index is 12.4. The molecule has 1 saturated heterocycles. The van der Waals surface area contributed by atoms with Gasteiger partial charge < -0.3 is 15.2 Å². The smallest absolute Gasteiger partial charge is 0.290 e. The number of fused-ring (bicyclic) bond motifs is 1. The maximum Gasteiger partial charge on any atom is 0.290 e. The number of likely N-dealkylation sites (tertiary alicyclic amines) is 1. The number of pyridine rings is 1. The lowest BCUT2D eigenvalue weighted by atomic mass is 10.1. The molecule has 1 aromatic carbocycles. The van der Waals surface area contributed by atoms with E-state index >= 15 is 0 Å². The fraction of sp³-hybridized carbons (Fsp3) is 0.294. The van der Waals surface area contributed by atoms with Crippen molar-refractivity contribution in [1.29, 1.82) is 0 Å². The molecule has 1 aliphatic heterocycles. The number of nitrogens with zero attached hydrogens (tertiary/aromatic N) is 3. The van der Waals surface area contributed by atoms with E-state index < -0.39 is 5.91 Å². The van der Waals surface area contributed by atoms with Crippen molar-refractivity contribution in [1.82, 2.24) is 20.0 Å².